The quantitative estimate of drug-likeness (QED) is 0.445. The lowest BCUT2D eigenvalue weighted by atomic mass is 9.91. The van der Waals surface area contributed by atoms with Crippen LogP contribution < -0.4 is 14.8 Å². The normalized spacial score (nSPS) is 14.6. The summed E-state index contributed by atoms with van der Waals surface area (Å²) in [6.07, 6.45) is 2.73. The molecule has 3 aromatic rings. The highest BCUT2D eigenvalue weighted by Crippen LogP contribution is 2.26. The molecule has 1 fully saturated rings. The predicted octanol–water partition coefficient (Wildman–Crippen LogP) is 7.19. The maximum Gasteiger partial charge on any atom is 0.573 e. The molecule has 0 radical (unpaired) electrons. The van der Waals surface area contributed by atoms with Gasteiger partial charge in [0.25, 0.3) is 0 Å². The molecule has 1 aliphatic rings. The van der Waals surface area contributed by atoms with Gasteiger partial charge in [0.1, 0.15) is 11.5 Å². The topological polar surface area (TPSA) is 59.2 Å². The van der Waals surface area contributed by atoms with Crippen molar-refractivity contribution in [3.05, 3.63) is 42.5 Å². The summed E-state index contributed by atoms with van der Waals surface area (Å²) in [5.41, 5.74) is 2.12. The molecule has 1 saturated carbocycles. The summed E-state index contributed by atoms with van der Waals surface area (Å²) in [6.45, 7) is 4.83. The van der Waals surface area contributed by atoms with Gasteiger partial charge in [0, 0.05) is 11.8 Å². The summed E-state index contributed by atoms with van der Waals surface area (Å²) < 4.78 is 45.6. The number of imidazole rings is 1. The van der Waals surface area contributed by atoms with Gasteiger partial charge in [-0.15, -0.1) is 13.2 Å². The number of ether oxygens (including phenoxy) is 2. The molecule has 0 spiro atoms. The van der Waals surface area contributed by atoms with Gasteiger partial charge in [-0.25, -0.2) is 4.98 Å². The van der Waals surface area contributed by atoms with Crippen molar-refractivity contribution in [1.82, 2.24) is 9.97 Å². The monoisotopic (exact) mass is 435 g/mol. The summed E-state index contributed by atoms with van der Waals surface area (Å²) in [5.74, 6) is 1.96. The molecule has 0 aliphatic heterocycles. The van der Waals surface area contributed by atoms with E-state index in [1.54, 1.807) is 0 Å². The maximum absolute atomic E-state index is 12.1. The lowest BCUT2D eigenvalue weighted by molar-refractivity contribution is -0.274. The van der Waals surface area contributed by atoms with Gasteiger partial charge in [-0.05, 0) is 49.2 Å². The van der Waals surface area contributed by atoms with Crippen molar-refractivity contribution >= 4 is 22.7 Å². The number of benzene rings is 2. The molecule has 31 heavy (non-hydrogen) atoms. The number of rotatable bonds is 5. The van der Waals surface area contributed by atoms with Gasteiger partial charge in [0.2, 0.25) is 5.95 Å². The standard InChI is InChI=1S/C16H14F3N3O2.C7H14/c1-2-23-12-7-8-13-14(9-12)22-15(21-13)20-10-3-5-11(6-4-10)24-16(17,18)19;1-7-5-3-2-4-6-7/h3-9H,2H2,1H3,(H2,20,21,22);7H,2-6H2,1H3. The molecular weight excluding hydrogens is 407 g/mol. The Hall–Kier alpha value is -2.90. The van der Waals surface area contributed by atoms with Gasteiger partial charge in [0.15, 0.2) is 0 Å². The van der Waals surface area contributed by atoms with Gasteiger partial charge in [0.05, 0.1) is 17.6 Å². The van der Waals surface area contributed by atoms with Gasteiger partial charge in [-0.2, -0.15) is 0 Å². The van der Waals surface area contributed by atoms with E-state index in [9.17, 15) is 13.2 Å². The molecule has 0 unspecified atom stereocenters. The molecule has 0 bridgehead atoms. The van der Waals surface area contributed by atoms with Gasteiger partial charge in [-0.1, -0.05) is 39.0 Å². The molecule has 2 N–H and O–H groups in total. The number of H-pyrrole nitrogens is 1. The van der Waals surface area contributed by atoms with E-state index < -0.39 is 6.36 Å². The average Bonchev–Trinajstić information content (AvgIpc) is 3.11. The molecule has 168 valence electrons. The third-order valence-corrected chi connectivity index (χ3v) is 5.01. The molecule has 1 aliphatic carbocycles. The Kier molecular flexibility index (Phi) is 7.65. The summed E-state index contributed by atoms with van der Waals surface area (Å²) in [7, 11) is 0. The Morgan fingerprint density at radius 3 is 2.29 bits per heavy atom. The highest BCUT2D eigenvalue weighted by molar-refractivity contribution is 5.79. The molecule has 8 heteroatoms. The zero-order valence-electron chi connectivity index (χ0n) is 17.8. The van der Waals surface area contributed by atoms with Crippen LogP contribution in [0.5, 0.6) is 11.5 Å². The number of fused-ring (bicyclic) bond motifs is 1. The van der Waals surface area contributed by atoms with Crippen molar-refractivity contribution in [3.8, 4) is 11.5 Å². The van der Waals surface area contributed by atoms with E-state index >= 15 is 0 Å². The van der Waals surface area contributed by atoms with E-state index in [2.05, 4.69) is 26.9 Å². The van der Waals surface area contributed by atoms with E-state index in [-0.39, 0.29) is 5.75 Å². The third-order valence-electron chi connectivity index (χ3n) is 5.01. The van der Waals surface area contributed by atoms with Gasteiger partial charge >= 0.3 is 6.36 Å². The number of nitrogens with zero attached hydrogens (tertiary/aromatic N) is 1. The van der Waals surface area contributed by atoms with Gasteiger partial charge < -0.3 is 19.8 Å². The number of halogens is 3. The number of hydrogen-bond acceptors (Lipinski definition) is 4. The van der Waals surface area contributed by atoms with Crippen LogP contribution in [0.25, 0.3) is 11.0 Å². The van der Waals surface area contributed by atoms with E-state index in [4.69, 9.17) is 4.74 Å². The minimum absolute atomic E-state index is 0.279. The van der Waals surface area contributed by atoms with E-state index in [0.29, 0.717) is 18.2 Å². The lowest BCUT2D eigenvalue weighted by Crippen LogP contribution is -2.16. The Morgan fingerprint density at radius 2 is 1.71 bits per heavy atom. The van der Waals surface area contributed by atoms with Crippen molar-refractivity contribution in [1.29, 1.82) is 0 Å². The largest absolute Gasteiger partial charge is 0.573 e. The lowest BCUT2D eigenvalue weighted by Gasteiger charge is -2.15. The number of hydrogen-bond donors (Lipinski definition) is 2. The molecule has 5 nitrogen and oxygen atoms in total. The van der Waals surface area contributed by atoms with E-state index in [0.717, 1.165) is 22.7 Å². The molecule has 1 aromatic heterocycles. The zero-order valence-corrected chi connectivity index (χ0v) is 17.8. The second kappa shape index (κ2) is 10.4. The second-order valence-electron chi connectivity index (χ2n) is 7.64. The number of aromatic nitrogens is 2. The minimum atomic E-state index is -4.70. The van der Waals surface area contributed by atoms with Crippen LogP contribution in [0.3, 0.4) is 0 Å². The van der Waals surface area contributed by atoms with Crippen molar-refractivity contribution < 1.29 is 22.6 Å². The van der Waals surface area contributed by atoms with Gasteiger partial charge in [-0.3, -0.25) is 0 Å². The van der Waals surface area contributed by atoms with Crippen molar-refractivity contribution in [2.75, 3.05) is 11.9 Å². The molecule has 0 saturated heterocycles. The van der Waals surface area contributed by atoms with Crippen LogP contribution in [0.1, 0.15) is 46.0 Å². The molecule has 0 atom stereocenters. The van der Waals surface area contributed by atoms with Crippen molar-refractivity contribution in [2.45, 2.75) is 52.3 Å². The van der Waals surface area contributed by atoms with Crippen LogP contribution in [0.15, 0.2) is 42.5 Å². The third kappa shape index (κ3) is 7.38. The van der Waals surface area contributed by atoms with E-state index in [1.165, 1.54) is 56.4 Å². The highest BCUT2D eigenvalue weighted by atomic mass is 19.4. The van der Waals surface area contributed by atoms with Crippen LogP contribution >= 0.6 is 0 Å². The smallest absolute Gasteiger partial charge is 0.494 e. The van der Waals surface area contributed by atoms with E-state index in [1.807, 2.05) is 25.1 Å². The van der Waals surface area contributed by atoms with Crippen molar-refractivity contribution in [2.24, 2.45) is 5.92 Å². The van der Waals surface area contributed by atoms with Crippen LogP contribution in [-0.2, 0) is 0 Å². The summed E-state index contributed by atoms with van der Waals surface area (Å²) in [5, 5.41) is 2.99. The molecule has 0 amide bonds. The second-order valence-corrected chi connectivity index (χ2v) is 7.64. The minimum Gasteiger partial charge on any atom is -0.494 e. The maximum atomic E-state index is 12.1. The average molecular weight is 435 g/mol. The fraction of sp³-hybridized carbons (Fsp3) is 0.435. The molecule has 4 rings (SSSR count). The summed E-state index contributed by atoms with van der Waals surface area (Å²) >= 11 is 0. The number of alkyl halides is 3. The predicted molar refractivity (Wildman–Crippen MR) is 116 cm³/mol. The number of anilines is 2. The molecule has 2 aromatic carbocycles. The number of aromatic amines is 1. The Balaban J connectivity index is 0.000000330. The van der Waals surface area contributed by atoms with Crippen LogP contribution in [0.2, 0.25) is 0 Å². The fourth-order valence-electron chi connectivity index (χ4n) is 3.49. The highest BCUT2D eigenvalue weighted by Gasteiger charge is 2.30. The zero-order chi connectivity index (χ0) is 22.3. The Bertz CT molecular complexity index is 949. The fourth-order valence-corrected chi connectivity index (χ4v) is 3.49. The summed E-state index contributed by atoms with van der Waals surface area (Å²) in [6, 6.07) is 10.9. The first kappa shape index (κ1) is 22.8. The Labute approximate surface area is 180 Å². The summed E-state index contributed by atoms with van der Waals surface area (Å²) in [4.78, 5) is 7.44. The molecular formula is C23H28F3N3O2. The Morgan fingerprint density at radius 1 is 1.03 bits per heavy atom. The molecule has 1 heterocycles. The van der Waals surface area contributed by atoms with Crippen molar-refractivity contribution in [3.63, 3.8) is 0 Å². The first-order chi connectivity index (χ1) is 14.8. The van der Waals surface area contributed by atoms with Crippen LogP contribution in [-0.4, -0.2) is 22.9 Å². The first-order valence-corrected chi connectivity index (χ1v) is 10.6. The van der Waals surface area contributed by atoms with Crippen LogP contribution in [0.4, 0.5) is 24.8 Å². The SMILES string of the molecule is CC1CCCCC1.CCOc1ccc2nc(Nc3ccc(OC(F)(F)F)cc3)[nH]c2c1. The number of nitrogens with one attached hydrogen (secondary N) is 2. The first-order valence-electron chi connectivity index (χ1n) is 10.6. The van der Waals surface area contributed by atoms with Crippen LogP contribution in [0, 0.1) is 5.92 Å².